The molecule has 3 aromatic carbocycles. The van der Waals surface area contributed by atoms with Crippen molar-refractivity contribution in [2.75, 3.05) is 4.90 Å². The number of benzene rings is 3. The van der Waals surface area contributed by atoms with E-state index in [1.54, 1.807) is 18.2 Å². The third-order valence-electron chi connectivity index (χ3n) is 4.55. The van der Waals surface area contributed by atoms with Crippen molar-refractivity contribution in [2.24, 2.45) is 0 Å². The number of ether oxygens (including phenoxy) is 1. The minimum absolute atomic E-state index is 0.0976. The Morgan fingerprint density at radius 2 is 1.50 bits per heavy atom. The number of fused-ring (bicyclic) bond motifs is 1. The predicted octanol–water partition coefficient (Wildman–Crippen LogP) is 5.91. The van der Waals surface area contributed by atoms with Gasteiger partial charge in [-0.3, -0.25) is 9.59 Å². The van der Waals surface area contributed by atoms with Crippen LogP contribution in [0.15, 0.2) is 65.1 Å². The Hall–Kier alpha value is -2.67. The second-order valence-electron chi connectivity index (χ2n) is 6.51. The summed E-state index contributed by atoms with van der Waals surface area (Å²) >= 11 is 15.3. The molecule has 0 atom stereocenters. The summed E-state index contributed by atoms with van der Waals surface area (Å²) in [6, 6.07) is 16.3. The highest BCUT2D eigenvalue weighted by Gasteiger charge is 2.37. The van der Waals surface area contributed by atoms with Gasteiger partial charge in [0, 0.05) is 4.47 Å². The highest BCUT2D eigenvalue weighted by atomic mass is 79.9. The minimum atomic E-state index is -0.567. The van der Waals surface area contributed by atoms with Gasteiger partial charge in [-0.15, -0.1) is 0 Å². The normalized spacial score (nSPS) is 12.8. The molecule has 0 unspecified atom stereocenters. The Bertz CT molecular complexity index is 1150. The van der Waals surface area contributed by atoms with Crippen molar-refractivity contribution in [1.82, 2.24) is 0 Å². The fraction of sp³-hybridized carbons (Fsp3) is 0.0455. The van der Waals surface area contributed by atoms with Gasteiger partial charge in [-0.1, -0.05) is 57.3 Å². The molecule has 0 fully saturated rings. The molecular weight excluding hydrogens is 493 g/mol. The fourth-order valence-corrected chi connectivity index (χ4v) is 3.64. The smallest absolute Gasteiger partial charge is 0.338 e. The van der Waals surface area contributed by atoms with Gasteiger partial charge in [0.05, 0.1) is 32.4 Å². The molecule has 0 aliphatic carbocycles. The molecule has 1 heterocycles. The van der Waals surface area contributed by atoms with Crippen LogP contribution in [0.3, 0.4) is 0 Å². The Morgan fingerprint density at radius 1 is 0.900 bits per heavy atom. The molecule has 1 aliphatic heterocycles. The van der Waals surface area contributed by atoms with Gasteiger partial charge in [0.25, 0.3) is 11.8 Å². The number of hydrogen-bond donors (Lipinski definition) is 0. The third kappa shape index (κ3) is 3.86. The van der Waals surface area contributed by atoms with E-state index in [1.165, 1.54) is 18.2 Å². The van der Waals surface area contributed by atoms with Gasteiger partial charge >= 0.3 is 5.97 Å². The van der Waals surface area contributed by atoms with E-state index in [0.29, 0.717) is 0 Å². The number of hydrogen-bond acceptors (Lipinski definition) is 4. The lowest BCUT2D eigenvalue weighted by atomic mass is 10.1. The molecule has 30 heavy (non-hydrogen) atoms. The summed E-state index contributed by atoms with van der Waals surface area (Å²) in [7, 11) is 0. The molecule has 4 rings (SSSR count). The maximum Gasteiger partial charge on any atom is 0.338 e. The minimum Gasteiger partial charge on any atom is -0.457 e. The highest BCUT2D eigenvalue weighted by Crippen LogP contribution is 2.34. The van der Waals surface area contributed by atoms with Crippen molar-refractivity contribution < 1.29 is 19.1 Å². The number of nitrogens with zero attached hydrogens (tertiary/aromatic N) is 1. The Morgan fingerprint density at radius 3 is 2.10 bits per heavy atom. The van der Waals surface area contributed by atoms with E-state index in [1.807, 2.05) is 24.3 Å². The molecule has 0 bridgehead atoms. The van der Waals surface area contributed by atoms with Crippen LogP contribution in [-0.4, -0.2) is 17.8 Å². The lowest BCUT2D eigenvalue weighted by Gasteiger charge is -2.15. The lowest BCUT2D eigenvalue weighted by Crippen LogP contribution is -2.29. The van der Waals surface area contributed by atoms with Crippen molar-refractivity contribution in [3.8, 4) is 0 Å². The van der Waals surface area contributed by atoms with Crippen LogP contribution in [0.1, 0.15) is 36.6 Å². The maximum atomic E-state index is 12.8. The lowest BCUT2D eigenvalue weighted by molar-refractivity contribution is 0.0472. The molecule has 150 valence electrons. The second kappa shape index (κ2) is 8.22. The Labute approximate surface area is 190 Å². The van der Waals surface area contributed by atoms with E-state index in [2.05, 4.69) is 15.9 Å². The van der Waals surface area contributed by atoms with Crippen LogP contribution in [0.5, 0.6) is 0 Å². The van der Waals surface area contributed by atoms with E-state index in [9.17, 15) is 14.4 Å². The first-order valence-corrected chi connectivity index (χ1v) is 10.3. The Kier molecular flexibility index (Phi) is 5.64. The zero-order chi connectivity index (χ0) is 21.4. The van der Waals surface area contributed by atoms with E-state index in [4.69, 9.17) is 27.9 Å². The molecule has 5 nitrogen and oxygen atoms in total. The first kappa shape index (κ1) is 20.6. The van der Waals surface area contributed by atoms with Gasteiger partial charge in [-0.2, -0.15) is 0 Å². The molecule has 0 aromatic heterocycles. The van der Waals surface area contributed by atoms with Gasteiger partial charge in [0.1, 0.15) is 6.61 Å². The Balaban J connectivity index is 1.56. The molecule has 0 saturated heterocycles. The van der Waals surface area contributed by atoms with Gasteiger partial charge in [-0.05, 0) is 48.0 Å². The topological polar surface area (TPSA) is 63.7 Å². The van der Waals surface area contributed by atoms with Crippen LogP contribution in [0.4, 0.5) is 5.69 Å². The molecule has 0 spiro atoms. The SMILES string of the molecule is O=C(OCc1ccc(Br)cc1)c1cccc(N2C(=O)c3cc(Cl)c(Cl)cc3C2=O)c1. The molecule has 0 radical (unpaired) electrons. The monoisotopic (exact) mass is 503 g/mol. The van der Waals surface area contributed by atoms with Gasteiger partial charge in [0.15, 0.2) is 0 Å². The highest BCUT2D eigenvalue weighted by molar-refractivity contribution is 9.10. The molecule has 1 aliphatic rings. The van der Waals surface area contributed by atoms with Crippen molar-refractivity contribution in [2.45, 2.75) is 6.61 Å². The maximum absolute atomic E-state index is 12.8. The van der Waals surface area contributed by atoms with Crippen LogP contribution < -0.4 is 4.90 Å². The predicted molar refractivity (Wildman–Crippen MR) is 117 cm³/mol. The number of esters is 1. The first-order chi connectivity index (χ1) is 14.3. The summed E-state index contributed by atoms with van der Waals surface area (Å²) in [6.07, 6.45) is 0. The number of halogens is 3. The fourth-order valence-electron chi connectivity index (χ4n) is 3.05. The molecule has 3 aromatic rings. The average molecular weight is 505 g/mol. The van der Waals surface area contributed by atoms with Gasteiger partial charge in [-0.25, -0.2) is 9.69 Å². The summed E-state index contributed by atoms with van der Waals surface area (Å²) < 4.78 is 6.27. The quantitative estimate of drug-likeness (QED) is 0.327. The number of anilines is 1. The van der Waals surface area contributed by atoms with Crippen molar-refractivity contribution in [3.05, 3.63) is 97.4 Å². The average Bonchev–Trinajstić information content (AvgIpc) is 2.97. The number of amides is 2. The molecular formula is C22H12BrCl2NO4. The number of rotatable bonds is 4. The standard InChI is InChI=1S/C22H12BrCl2NO4/c23-14-6-4-12(5-7-14)11-30-22(29)13-2-1-3-15(8-13)26-20(27)16-9-18(24)19(25)10-17(16)21(26)28/h1-10H,11H2. The largest absolute Gasteiger partial charge is 0.457 e. The molecule has 8 heteroatoms. The summed E-state index contributed by atoms with van der Waals surface area (Å²) in [6.45, 7) is 0.0976. The van der Waals surface area contributed by atoms with Crippen LogP contribution in [0.25, 0.3) is 0 Å². The van der Waals surface area contributed by atoms with Crippen LogP contribution in [-0.2, 0) is 11.3 Å². The van der Waals surface area contributed by atoms with E-state index < -0.39 is 17.8 Å². The summed E-state index contributed by atoms with van der Waals surface area (Å²) in [5, 5.41) is 0.368. The first-order valence-electron chi connectivity index (χ1n) is 8.74. The van der Waals surface area contributed by atoms with Gasteiger partial charge < -0.3 is 4.74 Å². The van der Waals surface area contributed by atoms with E-state index in [-0.39, 0.29) is 39.0 Å². The van der Waals surface area contributed by atoms with Crippen molar-refractivity contribution >= 4 is 62.6 Å². The molecule has 0 N–H and O–H groups in total. The van der Waals surface area contributed by atoms with E-state index >= 15 is 0 Å². The van der Waals surface area contributed by atoms with Crippen LogP contribution in [0.2, 0.25) is 10.0 Å². The molecule has 0 saturated carbocycles. The van der Waals surface area contributed by atoms with Crippen molar-refractivity contribution in [1.29, 1.82) is 0 Å². The number of imide groups is 1. The summed E-state index contributed by atoms with van der Waals surface area (Å²) in [5.41, 5.74) is 1.64. The van der Waals surface area contributed by atoms with Crippen molar-refractivity contribution in [3.63, 3.8) is 0 Å². The van der Waals surface area contributed by atoms with E-state index in [0.717, 1.165) is 14.9 Å². The second-order valence-corrected chi connectivity index (χ2v) is 8.24. The third-order valence-corrected chi connectivity index (χ3v) is 5.80. The number of carbonyl (C=O) groups is 3. The zero-order valence-electron chi connectivity index (χ0n) is 15.2. The summed E-state index contributed by atoms with van der Waals surface area (Å²) in [5.74, 6) is -1.63. The molecule has 2 amide bonds. The van der Waals surface area contributed by atoms with Gasteiger partial charge in [0.2, 0.25) is 0 Å². The summed E-state index contributed by atoms with van der Waals surface area (Å²) in [4.78, 5) is 39.0. The van der Waals surface area contributed by atoms with Crippen LogP contribution in [0, 0.1) is 0 Å². The number of carbonyl (C=O) groups excluding carboxylic acids is 3. The van der Waals surface area contributed by atoms with Crippen LogP contribution >= 0.6 is 39.1 Å². The zero-order valence-corrected chi connectivity index (χ0v) is 18.3.